The molecule has 0 unspecified atom stereocenters. The third kappa shape index (κ3) is 4.87. The van der Waals surface area contributed by atoms with Crippen LogP contribution in [0, 0.1) is 0 Å². The molecule has 2 atom stereocenters. The van der Waals surface area contributed by atoms with Crippen LogP contribution in [0.1, 0.15) is 25.3 Å². The predicted molar refractivity (Wildman–Crippen MR) is 88.0 cm³/mol. The number of anilines is 1. The summed E-state index contributed by atoms with van der Waals surface area (Å²) in [5.74, 6) is 0.0765. The van der Waals surface area contributed by atoms with Gasteiger partial charge in [0.15, 0.2) is 0 Å². The highest BCUT2D eigenvalue weighted by atomic mass is 19.4. The Balaban J connectivity index is 1.87. The second-order valence-corrected chi connectivity index (χ2v) is 6.54. The van der Waals surface area contributed by atoms with Gasteiger partial charge in [-0.05, 0) is 37.6 Å². The molecule has 4 nitrogen and oxygen atoms in total. The molecular weight excluding hydrogens is 319 g/mol. The van der Waals surface area contributed by atoms with Gasteiger partial charge in [0.25, 0.3) is 0 Å². The summed E-state index contributed by atoms with van der Waals surface area (Å²) in [7, 11) is 3.47. The van der Waals surface area contributed by atoms with Crippen LogP contribution in [0.4, 0.5) is 18.9 Å². The topological polar surface area (TPSA) is 35.6 Å². The van der Waals surface area contributed by atoms with Crippen LogP contribution >= 0.6 is 0 Å². The number of hydrogen-bond acceptors (Lipinski definition) is 3. The Hall–Kier alpha value is -1.76. The molecule has 0 saturated carbocycles. The first kappa shape index (κ1) is 18.6. The van der Waals surface area contributed by atoms with Gasteiger partial charge < -0.3 is 15.1 Å². The van der Waals surface area contributed by atoms with Crippen LogP contribution in [0.5, 0.6) is 0 Å². The number of rotatable bonds is 5. The van der Waals surface area contributed by atoms with Crippen molar-refractivity contribution in [2.24, 2.45) is 0 Å². The molecule has 1 saturated heterocycles. The first-order chi connectivity index (χ1) is 11.2. The van der Waals surface area contributed by atoms with Gasteiger partial charge in [0.1, 0.15) is 0 Å². The van der Waals surface area contributed by atoms with Crippen molar-refractivity contribution in [3.63, 3.8) is 0 Å². The standard InChI is InChI=1S/C17H24F3N3O/c1-12(10-16(24)22(2)3)21-14-8-9-23(11-14)15-6-4-13(5-7-15)17(18,19)20/h4-7,12,14,21H,8-11H2,1-3H3/t12-,14+/m0/s1. The van der Waals surface area contributed by atoms with Gasteiger partial charge in [-0.1, -0.05) is 0 Å². The number of benzene rings is 1. The van der Waals surface area contributed by atoms with E-state index in [0.29, 0.717) is 6.42 Å². The Morgan fingerprint density at radius 3 is 2.50 bits per heavy atom. The molecule has 134 valence electrons. The third-order valence-electron chi connectivity index (χ3n) is 4.25. The van der Waals surface area contributed by atoms with E-state index in [2.05, 4.69) is 10.2 Å². The lowest BCUT2D eigenvalue weighted by Crippen LogP contribution is -2.41. The van der Waals surface area contributed by atoms with Crippen LogP contribution in [-0.4, -0.2) is 50.1 Å². The van der Waals surface area contributed by atoms with Gasteiger partial charge in [0, 0.05) is 51.4 Å². The van der Waals surface area contributed by atoms with Crippen molar-refractivity contribution >= 4 is 11.6 Å². The van der Waals surface area contributed by atoms with Crippen LogP contribution in [-0.2, 0) is 11.0 Å². The van der Waals surface area contributed by atoms with Gasteiger partial charge in [-0.15, -0.1) is 0 Å². The normalized spacial score (nSPS) is 19.4. The minimum atomic E-state index is -4.30. The highest BCUT2D eigenvalue weighted by Gasteiger charge is 2.31. The van der Waals surface area contributed by atoms with Crippen LogP contribution in [0.3, 0.4) is 0 Å². The van der Waals surface area contributed by atoms with E-state index < -0.39 is 11.7 Å². The summed E-state index contributed by atoms with van der Waals surface area (Å²) in [5.41, 5.74) is 0.167. The van der Waals surface area contributed by atoms with E-state index in [9.17, 15) is 18.0 Å². The molecule has 0 aromatic heterocycles. The highest BCUT2D eigenvalue weighted by molar-refractivity contribution is 5.76. The van der Waals surface area contributed by atoms with Gasteiger partial charge in [-0.25, -0.2) is 0 Å². The fourth-order valence-electron chi connectivity index (χ4n) is 2.90. The molecular formula is C17H24F3N3O. The van der Waals surface area contributed by atoms with E-state index in [4.69, 9.17) is 0 Å². The van der Waals surface area contributed by atoms with Gasteiger partial charge in [-0.2, -0.15) is 13.2 Å². The molecule has 7 heteroatoms. The van der Waals surface area contributed by atoms with Crippen molar-refractivity contribution in [2.75, 3.05) is 32.1 Å². The molecule has 2 rings (SSSR count). The first-order valence-corrected chi connectivity index (χ1v) is 8.05. The summed E-state index contributed by atoms with van der Waals surface area (Å²) >= 11 is 0. The number of carbonyl (C=O) groups is 1. The molecule has 24 heavy (non-hydrogen) atoms. The molecule has 0 radical (unpaired) electrons. The van der Waals surface area contributed by atoms with Crippen molar-refractivity contribution in [3.05, 3.63) is 29.8 Å². The highest BCUT2D eigenvalue weighted by Crippen LogP contribution is 2.31. The second-order valence-electron chi connectivity index (χ2n) is 6.54. The number of nitrogens with zero attached hydrogens (tertiary/aromatic N) is 2. The zero-order valence-electron chi connectivity index (χ0n) is 14.2. The van der Waals surface area contributed by atoms with Gasteiger partial charge >= 0.3 is 6.18 Å². The summed E-state index contributed by atoms with van der Waals surface area (Å²) in [6, 6.07) is 5.58. The number of amides is 1. The maximum absolute atomic E-state index is 12.6. The summed E-state index contributed by atoms with van der Waals surface area (Å²) < 4.78 is 37.8. The van der Waals surface area contributed by atoms with Crippen LogP contribution < -0.4 is 10.2 Å². The Kier molecular flexibility index (Phi) is 5.74. The van der Waals surface area contributed by atoms with E-state index in [1.54, 1.807) is 19.0 Å². The van der Waals surface area contributed by atoms with E-state index >= 15 is 0 Å². The molecule has 1 aliphatic rings. The van der Waals surface area contributed by atoms with Crippen LogP contribution in [0.15, 0.2) is 24.3 Å². The zero-order chi connectivity index (χ0) is 17.9. The molecule has 1 aliphatic heterocycles. The van der Waals surface area contributed by atoms with Crippen molar-refractivity contribution in [1.82, 2.24) is 10.2 Å². The summed E-state index contributed by atoms with van der Waals surface area (Å²) in [6.45, 7) is 3.49. The Morgan fingerprint density at radius 2 is 1.96 bits per heavy atom. The average Bonchev–Trinajstić information content (AvgIpc) is 2.94. The zero-order valence-corrected chi connectivity index (χ0v) is 14.2. The molecule has 1 heterocycles. The predicted octanol–water partition coefficient (Wildman–Crippen LogP) is 2.74. The maximum atomic E-state index is 12.6. The number of halogens is 3. The van der Waals surface area contributed by atoms with E-state index in [1.165, 1.54) is 12.1 Å². The number of nitrogens with one attached hydrogen (secondary N) is 1. The minimum Gasteiger partial charge on any atom is -0.370 e. The summed E-state index contributed by atoms with van der Waals surface area (Å²) in [6.07, 6.45) is -2.96. The fraction of sp³-hybridized carbons (Fsp3) is 0.588. The summed E-state index contributed by atoms with van der Waals surface area (Å²) in [5, 5.41) is 3.43. The quantitative estimate of drug-likeness (QED) is 0.893. The average molecular weight is 343 g/mol. The molecule has 1 amide bonds. The van der Waals surface area contributed by atoms with Crippen molar-refractivity contribution < 1.29 is 18.0 Å². The number of hydrogen-bond donors (Lipinski definition) is 1. The van der Waals surface area contributed by atoms with Crippen LogP contribution in [0.25, 0.3) is 0 Å². The van der Waals surface area contributed by atoms with Crippen molar-refractivity contribution in [1.29, 1.82) is 0 Å². The molecule has 0 bridgehead atoms. The van der Waals surface area contributed by atoms with Gasteiger partial charge in [0.05, 0.1) is 5.56 Å². The van der Waals surface area contributed by atoms with E-state index in [-0.39, 0.29) is 18.0 Å². The van der Waals surface area contributed by atoms with E-state index in [1.807, 2.05) is 6.92 Å². The monoisotopic (exact) mass is 343 g/mol. The molecule has 0 spiro atoms. The molecule has 1 aromatic carbocycles. The number of carbonyl (C=O) groups excluding carboxylic acids is 1. The summed E-state index contributed by atoms with van der Waals surface area (Å²) in [4.78, 5) is 15.3. The number of alkyl halides is 3. The SMILES string of the molecule is C[C@@H](CC(=O)N(C)C)N[C@@H]1CCN(c2ccc(C(F)(F)F)cc2)C1. The minimum absolute atomic E-state index is 0.0671. The largest absolute Gasteiger partial charge is 0.416 e. The van der Waals surface area contributed by atoms with Crippen LogP contribution in [0.2, 0.25) is 0 Å². The molecule has 1 aromatic rings. The second kappa shape index (κ2) is 7.42. The first-order valence-electron chi connectivity index (χ1n) is 8.05. The Labute approximate surface area is 140 Å². The van der Waals surface area contributed by atoms with Crippen molar-refractivity contribution in [2.45, 2.75) is 38.0 Å². The van der Waals surface area contributed by atoms with Gasteiger partial charge in [0.2, 0.25) is 5.91 Å². The molecule has 0 aliphatic carbocycles. The third-order valence-corrected chi connectivity index (χ3v) is 4.25. The molecule has 1 N–H and O–H groups in total. The fourth-order valence-corrected chi connectivity index (χ4v) is 2.90. The van der Waals surface area contributed by atoms with Crippen molar-refractivity contribution in [3.8, 4) is 0 Å². The lowest BCUT2D eigenvalue weighted by atomic mass is 10.1. The molecule has 1 fully saturated rings. The lowest BCUT2D eigenvalue weighted by Gasteiger charge is -2.22. The van der Waals surface area contributed by atoms with E-state index in [0.717, 1.165) is 37.3 Å². The lowest BCUT2D eigenvalue weighted by molar-refractivity contribution is -0.137. The maximum Gasteiger partial charge on any atom is 0.416 e. The Bertz CT molecular complexity index is 557. The van der Waals surface area contributed by atoms with Gasteiger partial charge in [-0.3, -0.25) is 4.79 Å². The Morgan fingerprint density at radius 1 is 1.33 bits per heavy atom. The smallest absolute Gasteiger partial charge is 0.370 e.